The van der Waals surface area contributed by atoms with Gasteiger partial charge in [-0.3, -0.25) is 4.79 Å². The van der Waals surface area contributed by atoms with Crippen LogP contribution in [0, 0.1) is 0 Å². The first-order valence-electron chi connectivity index (χ1n) is 6.43. The van der Waals surface area contributed by atoms with E-state index in [-0.39, 0.29) is 16.2 Å². The summed E-state index contributed by atoms with van der Waals surface area (Å²) >= 11 is 0. The van der Waals surface area contributed by atoms with Crippen LogP contribution in [0.2, 0.25) is 0 Å². The third-order valence-corrected chi connectivity index (χ3v) is 4.15. The van der Waals surface area contributed by atoms with Crippen molar-refractivity contribution < 1.29 is 17.9 Å². The molecule has 1 aromatic heterocycles. The number of rotatable bonds is 4. The number of ether oxygens (including phenoxy) is 1. The van der Waals surface area contributed by atoms with Crippen molar-refractivity contribution in [3.05, 3.63) is 42.2 Å². The van der Waals surface area contributed by atoms with Crippen LogP contribution in [0.5, 0.6) is 5.75 Å². The van der Waals surface area contributed by atoms with Gasteiger partial charge in [-0.25, -0.2) is 8.42 Å². The number of hydrogen-bond donors (Lipinski definition) is 2. The Bertz CT molecular complexity index is 866. The molecule has 0 saturated heterocycles. The van der Waals surface area contributed by atoms with Gasteiger partial charge in [0.15, 0.2) is 15.8 Å². The van der Waals surface area contributed by atoms with Crippen molar-refractivity contribution in [1.82, 2.24) is 4.57 Å². The number of aromatic nitrogens is 1. The zero-order valence-corrected chi connectivity index (χ0v) is 13.4. The number of amides is 1. The number of carbonyl (C=O) groups excluding carboxylic acids is 1. The lowest BCUT2D eigenvalue weighted by Gasteiger charge is -2.14. The molecule has 1 heterocycles. The average Bonchev–Trinajstić information content (AvgIpc) is 2.98. The summed E-state index contributed by atoms with van der Waals surface area (Å²) in [5, 5.41) is 0. The van der Waals surface area contributed by atoms with Gasteiger partial charge in [0.2, 0.25) is 0 Å². The Hall–Kier alpha value is -2.81. The number of hydrogen-bond acceptors (Lipinski definition) is 4. The number of benzene rings is 1. The Kier molecular flexibility index (Phi) is 4.41. The highest BCUT2D eigenvalue weighted by Crippen LogP contribution is 2.30. The van der Waals surface area contributed by atoms with E-state index in [1.807, 2.05) is 0 Å². The zero-order chi connectivity index (χ0) is 17.2. The molecule has 0 atom stereocenters. The number of aliphatic imine (C=N–C) groups is 1. The van der Waals surface area contributed by atoms with Crippen molar-refractivity contribution >= 4 is 21.7 Å². The predicted octanol–water partition coefficient (Wildman–Crippen LogP) is 0.303. The molecule has 8 nitrogen and oxygen atoms in total. The summed E-state index contributed by atoms with van der Waals surface area (Å²) in [5.41, 5.74) is 10.7. The lowest BCUT2D eigenvalue weighted by atomic mass is 10.1. The van der Waals surface area contributed by atoms with Crippen LogP contribution >= 0.6 is 0 Å². The number of nitrogens with zero attached hydrogens (tertiary/aromatic N) is 2. The van der Waals surface area contributed by atoms with Crippen molar-refractivity contribution in [3.8, 4) is 11.4 Å². The van der Waals surface area contributed by atoms with Crippen LogP contribution in [0.25, 0.3) is 5.69 Å². The van der Waals surface area contributed by atoms with Gasteiger partial charge < -0.3 is 20.8 Å². The van der Waals surface area contributed by atoms with E-state index < -0.39 is 21.7 Å². The molecule has 0 radical (unpaired) electrons. The van der Waals surface area contributed by atoms with E-state index in [9.17, 15) is 13.2 Å². The third-order valence-electron chi connectivity index (χ3n) is 3.02. The number of guanidine groups is 1. The van der Waals surface area contributed by atoms with Crippen molar-refractivity contribution in [1.29, 1.82) is 0 Å². The maximum Gasteiger partial charge on any atom is 0.283 e. The highest BCUT2D eigenvalue weighted by atomic mass is 32.2. The van der Waals surface area contributed by atoms with Crippen LogP contribution in [-0.4, -0.2) is 38.2 Å². The van der Waals surface area contributed by atoms with Gasteiger partial charge in [0.05, 0.1) is 23.3 Å². The minimum atomic E-state index is -3.61. The van der Waals surface area contributed by atoms with Crippen LogP contribution in [0.1, 0.15) is 10.4 Å². The average molecular weight is 336 g/mol. The molecular formula is C14H16N4O4S. The van der Waals surface area contributed by atoms with Gasteiger partial charge in [0.25, 0.3) is 5.91 Å². The molecule has 0 fully saturated rings. The number of sulfone groups is 1. The quantitative estimate of drug-likeness (QED) is 0.610. The molecule has 0 bridgehead atoms. The second-order valence-corrected chi connectivity index (χ2v) is 6.71. The summed E-state index contributed by atoms with van der Waals surface area (Å²) in [6.07, 6.45) is 4.42. The molecule has 4 N–H and O–H groups in total. The Balaban J connectivity index is 2.77. The molecule has 23 heavy (non-hydrogen) atoms. The molecule has 2 aromatic rings. The molecule has 0 spiro atoms. The summed E-state index contributed by atoms with van der Waals surface area (Å²) in [4.78, 5) is 15.5. The first-order chi connectivity index (χ1) is 10.7. The molecule has 0 unspecified atom stereocenters. The van der Waals surface area contributed by atoms with Gasteiger partial charge in [-0.15, -0.1) is 0 Å². The van der Waals surface area contributed by atoms with Gasteiger partial charge in [-0.1, -0.05) is 0 Å². The molecular weight excluding hydrogens is 320 g/mol. The molecule has 1 aromatic carbocycles. The van der Waals surface area contributed by atoms with Crippen molar-refractivity contribution in [2.75, 3.05) is 13.4 Å². The van der Waals surface area contributed by atoms with Gasteiger partial charge in [0.1, 0.15) is 5.75 Å². The fourth-order valence-electron chi connectivity index (χ4n) is 2.06. The standard InChI is InChI=1S/C14H16N4O4S/c1-22-11-8-10(18-5-3-4-6-18)12(23(2,20)21)7-9(11)13(19)17-14(15)16/h3-8H,1-2H3,(H4,15,16,17,19). The molecule has 9 heteroatoms. The highest BCUT2D eigenvalue weighted by Gasteiger charge is 2.22. The maximum atomic E-state index is 12.1. The summed E-state index contributed by atoms with van der Waals surface area (Å²) < 4.78 is 31.0. The Morgan fingerprint density at radius 1 is 1.22 bits per heavy atom. The second-order valence-electron chi connectivity index (χ2n) is 4.72. The zero-order valence-electron chi connectivity index (χ0n) is 12.6. The minimum absolute atomic E-state index is 0.0383. The molecule has 1 amide bonds. The molecule has 122 valence electrons. The second kappa shape index (κ2) is 6.13. The molecule has 0 saturated carbocycles. The topological polar surface area (TPSA) is 130 Å². The largest absolute Gasteiger partial charge is 0.496 e. The Morgan fingerprint density at radius 3 is 2.30 bits per heavy atom. The van der Waals surface area contributed by atoms with Crippen LogP contribution in [-0.2, 0) is 9.84 Å². The third kappa shape index (κ3) is 3.51. The Morgan fingerprint density at radius 2 is 1.83 bits per heavy atom. The normalized spacial score (nSPS) is 11.0. The maximum absolute atomic E-state index is 12.1. The summed E-state index contributed by atoms with van der Waals surface area (Å²) in [7, 11) is -2.25. The van der Waals surface area contributed by atoms with Crippen molar-refractivity contribution in [3.63, 3.8) is 0 Å². The van der Waals surface area contributed by atoms with E-state index in [0.717, 1.165) is 6.26 Å². The minimum Gasteiger partial charge on any atom is -0.496 e. The van der Waals surface area contributed by atoms with E-state index in [0.29, 0.717) is 5.69 Å². The van der Waals surface area contributed by atoms with Gasteiger partial charge in [-0.2, -0.15) is 4.99 Å². The van der Waals surface area contributed by atoms with Gasteiger partial charge in [-0.05, 0) is 18.2 Å². The molecule has 0 aliphatic heterocycles. The lowest BCUT2D eigenvalue weighted by Crippen LogP contribution is -2.24. The van der Waals surface area contributed by atoms with Crippen molar-refractivity contribution in [2.45, 2.75) is 4.90 Å². The van der Waals surface area contributed by atoms with Crippen LogP contribution in [0.3, 0.4) is 0 Å². The summed E-state index contributed by atoms with van der Waals surface area (Å²) in [5.74, 6) is -1.05. The van der Waals surface area contributed by atoms with Gasteiger partial charge >= 0.3 is 0 Å². The van der Waals surface area contributed by atoms with E-state index in [4.69, 9.17) is 16.2 Å². The highest BCUT2D eigenvalue weighted by molar-refractivity contribution is 7.90. The fourth-order valence-corrected chi connectivity index (χ4v) is 2.93. The monoisotopic (exact) mass is 336 g/mol. The number of nitrogens with two attached hydrogens (primary N) is 2. The predicted molar refractivity (Wildman–Crippen MR) is 85.6 cm³/mol. The van der Waals surface area contributed by atoms with E-state index in [2.05, 4.69) is 4.99 Å². The first-order valence-corrected chi connectivity index (χ1v) is 8.32. The van der Waals surface area contributed by atoms with E-state index in [1.54, 1.807) is 29.1 Å². The van der Waals surface area contributed by atoms with E-state index >= 15 is 0 Å². The number of carbonyl (C=O) groups is 1. The van der Waals surface area contributed by atoms with E-state index in [1.165, 1.54) is 19.2 Å². The Labute approximate surface area is 133 Å². The van der Waals surface area contributed by atoms with Crippen molar-refractivity contribution in [2.24, 2.45) is 16.5 Å². The molecule has 2 rings (SSSR count). The SMILES string of the molecule is COc1cc(-n2cccc2)c(S(C)(=O)=O)cc1C(=O)N=C(N)N. The summed E-state index contributed by atoms with van der Waals surface area (Å²) in [6.45, 7) is 0. The first kappa shape index (κ1) is 16.6. The fraction of sp³-hybridized carbons (Fsp3) is 0.143. The van der Waals surface area contributed by atoms with Gasteiger partial charge in [0, 0.05) is 24.7 Å². The summed E-state index contributed by atoms with van der Waals surface area (Å²) in [6, 6.07) is 6.15. The number of methoxy groups -OCH3 is 1. The van der Waals surface area contributed by atoms with Crippen LogP contribution in [0.15, 0.2) is 46.5 Å². The molecule has 0 aliphatic rings. The smallest absolute Gasteiger partial charge is 0.283 e. The lowest BCUT2D eigenvalue weighted by molar-refractivity contribution is 0.0999. The van der Waals surface area contributed by atoms with Crippen LogP contribution in [0.4, 0.5) is 0 Å². The van der Waals surface area contributed by atoms with Crippen LogP contribution < -0.4 is 16.2 Å². The molecule has 0 aliphatic carbocycles.